The van der Waals surface area contributed by atoms with Crippen LogP contribution in [-0.2, 0) is 17.0 Å². The van der Waals surface area contributed by atoms with E-state index in [1.54, 1.807) is 13.2 Å². The van der Waals surface area contributed by atoms with Crippen molar-refractivity contribution in [1.29, 1.82) is 0 Å². The summed E-state index contributed by atoms with van der Waals surface area (Å²) in [5.41, 5.74) is 3.59. The molecule has 0 fully saturated rings. The average molecular weight is 322 g/mol. The van der Waals surface area contributed by atoms with Crippen LogP contribution in [0.25, 0.3) is 0 Å². The summed E-state index contributed by atoms with van der Waals surface area (Å²) in [4.78, 5) is 11.9. The lowest BCUT2D eigenvalue weighted by Gasteiger charge is -2.14. The lowest BCUT2D eigenvalue weighted by atomic mass is 10.1. The summed E-state index contributed by atoms with van der Waals surface area (Å²) < 4.78 is 49.2. The number of benzene rings is 1. The largest absolute Gasteiger partial charge is 0.418 e. The summed E-state index contributed by atoms with van der Waals surface area (Å²) >= 11 is 0. The van der Waals surface area contributed by atoms with Crippen LogP contribution < -0.4 is 11.1 Å². The number of nitrogens with two attached hydrogens (primary N) is 1. The van der Waals surface area contributed by atoms with Gasteiger partial charge in [-0.3, -0.25) is 9.00 Å². The van der Waals surface area contributed by atoms with Crippen molar-refractivity contribution in [2.75, 3.05) is 18.5 Å². The zero-order valence-corrected chi connectivity index (χ0v) is 12.5. The van der Waals surface area contributed by atoms with Gasteiger partial charge in [0.05, 0.1) is 16.8 Å². The predicted molar refractivity (Wildman–Crippen MR) is 76.3 cm³/mol. The number of halogens is 3. The summed E-state index contributed by atoms with van der Waals surface area (Å²) in [7, 11) is -1.01. The number of para-hydroxylation sites is 1. The Balaban J connectivity index is 2.78. The van der Waals surface area contributed by atoms with E-state index in [-0.39, 0.29) is 17.4 Å². The zero-order chi connectivity index (χ0) is 16.2. The van der Waals surface area contributed by atoms with Crippen molar-refractivity contribution in [1.82, 2.24) is 5.32 Å². The molecule has 3 N–H and O–H groups in total. The second-order valence-corrected chi connectivity index (χ2v) is 6.42. The number of carbonyl (C=O) groups excluding carboxylic acids is 1. The molecule has 0 aromatic heterocycles. The van der Waals surface area contributed by atoms with Gasteiger partial charge in [0.25, 0.3) is 5.91 Å². The van der Waals surface area contributed by atoms with Gasteiger partial charge in [-0.05, 0) is 18.6 Å². The van der Waals surface area contributed by atoms with E-state index >= 15 is 0 Å². The molecular formula is C13H17F3N2O2S. The van der Waals surface area contributed by atoms with Crippen LogP contribution in [-0.4, -0.2) is 28.2 Å². The van der Waals surface area contributed by atoms with Gasteiger partial charge in [-0.1, -0.05) is 13.0 Å². The Morgan fingerprint density at radius 3 is 2.57 bits per heavy atom. The number of hydrogen-bond acceptors (Lipinski definition) is 3. The molecule has 1 aromatic carbocycles. The number of hydrogen-bond donors (Lipinski definition) is 2. The Labute approximate surface area is 123 Å². The summed E-state index contributed by atoms with van der Waals surface area (Å²) in [6.45, 7) is 1.98. The van der Waals surface area contributed by atoms with Crippen molar-refractivity contribution in [2.24, 2.45) is 0 Å². The molecule has 2 atom stereocenters. The smallest absolute Gasteiger partial charge is 0.398 e. The molecule has 0 spiro atoms. The van der Waals surface area contributed by atoms with Crippen LogP contribution in [0.15, 0.2) is 18.2 Å². The first kappa shape index (κ1) is 17.5. The molecule has 8 heteroatoms. The average Bonchev–Trinajstić information content (AvgIpc) is 2.37. The van der Waals surface area contributed by atoms with Crippen LogP contribution >= 0.6 is 0 Å². The summed E-state index contributed by atoms with van der Waals surface area (Å²) in [5.74, 6) is -0.673. The monoisotopic (exact) mass is 322 g/mol. The second-order valence-electron chi connectivity index (χ2n) is 4.62. The molecule has 1 aromatic rings. The zero-order valence-electron chi connectivity index (χ0n) is 11.7. The quantitative estimate of drug-likeness (QED) is 0.816. The molecule has 4 nitrogen and oxygen atoms in total. The molecule has 1 rings (SSSR count). The maximum absolute atomic E-state index is 12.7. The molecule has 0 aliphatic rings. The Morgan fingerprint density at radius 1 is 1.43 bits per heavy atom. The molecule has 0 saturated heterocycles. The molecule has 2 unspecified atom stereocenters. The van der Waals surface area contributed by atoms with E-state index in [1.807, 2.05) is 0 Å². The summed E-state index contributed by atoms with van der Waals surface area (Å²) in [5, 5.41) is 2.38. The molecule has 0 aliphatic heterocycles. The third-order valence-electron chi connectivity index (χ3n) is 3.06. The van der Waals surface area contributed by atoms with Gasteiger partial charge in [0.1, 0.15) is 0 Å². The Kier molecular flexibility index (Phi) is 5.77. The van der Waals surface area contributed by atoms with Gasteiger partial charge in [-0.15, -0.1) is 0 Å². The highest BCUT2D eigenvalue weighted by molar-refractivity contribution is 7.84. The number of rotatable bonds is 5. The highest BCUT2D eigenvalue weighted by Crippen LogP contribution is 2.34. The Morgan fingerprint density at radius 2 is 2.05 bits per heavy atom. The number of alkyl halides is 3. The normalized spacial score (nSPS) is 14.5. The van der Waals surface area contributed by atoms with Crippen molar-refractivity contribution >= 4 is 22.4 Å². The molecule has 0 heterocycles. The van der Waals surface area contributed by atoms with E-state index in [2.05, 4.69) is 5.32 Å². The standard InChI is InChI=1S/C13H17F3N2O2S/c1-8(21(2)20)6-7-18-12(19)9-4-3-5-10(11(9)17)13(14,15)16/h3-5,8H,6-7,17H2,1-2H3,(H,18,19). The van der Waals surface area contributed by atoms with Crippen LogP contribution in [0.1, 0.15) is 29.3 Å². The van der Waals surface area contributed by atoms with Crippen molar-refractivity contribution in [3.63, 3.8) is 0 Å². The molecule has 118 valence electrons. The number of amides is 1. The minimum atomic E-state index is -4.60. The van der Waals surface area contributed by atoms with Crippen LogP contribution in [0.2, 0.25) is 0 Å². The SMILES string of the molecule is CC(CCNC(=O)c1cccc(C(F)(F)F)c1N)S(C)=O. The molecular weight excluding hydrogens is 305 g/mol. The van der Waals surface area contributed by atoms with Gasteiger partial charge in [0, 0.05) is 28.9 Å². The lowest BCUT2D eigenvalue weighted by Crippen LogP contribution is -2.28. The third-order valence-corrected chi connectivity index (χ3v) is 4.43. The van der Waals surface area contributed by atoms with Gasteiger partial charge in [-0.25, -0.2) is 0 Å². The van der Waals surface area contributed by atoms with Crippen molar-refractivity contribution in [3.05, 3.63) is 29.3 Å². The van der Waals surface area contributed by atoms with Gasteiger partial charge >= 0.3 is 6.18 Å². The van der Waals surface area contributed by atoms with Gasteiger partial charge in [0.2, 0.25) is 0 Å². The van der Waals surface area contributed by atoms with Crippen molar-refractivity contribution in [3.8, 4) is 0 Å². The molecule has 0 bridgehead atoms. The highest BCUT2D eigenvalue weighted by atomic mass is 32.2. The first-order valence-corrected chi connectivity index (χ1v) is 7.82. The van der Waals surface area contributed by atoms with E-state index in [4.69, 9.17) is 5.73 Å². The topological polar surface area (TPSA) is 72.2 Å². The van der Waals surface area contributed by atoms with Crippen LogP contribution in [0, 0.1) is 0 Å². The highest BCUT2D eigenvalue weighted by Gasteiger charge is 2.34. The fourth-order valence-corrected chi connectivity index (χ4v) is 2.11. The molecule has 0 radical (unpaired) electrons. The number of nitrogens with one attached hydrogen (secondary N) is 1. The minimum absolute atomic E-state index is 0.107. The van der Waals surface area contributed by atoms with E-state index in [0.29, 0.717) is 6.42 Å². The molecule has 0 saturated carbocycles. The Hall–Kier alpha value is -1.57. The summed E-state index contributed by atoms with van der Waals surface area (Å²) in [6, 6.07) is 3.20. The van der Waals surface area contributed by atoms with Gasteiger partial charge in [0.15, 0.2) is 0 Å². The summed E-state index contributed by atoms with van der Waals surface area (Å²) in [6.07, 6.45) is -2.58. The number of nitrogen functional groups attached to an aromatic ring is 1. The third kappa shape index (κ3) is 4.73. The lowest BCUT2D eigenvalue weighted by molar-refractivity contribution is -0.136. The van der Waals surface area contributed by atoms with E-state index < -0.39 is 34.1 Å². The molecule has 1 amide bonds. The van der Waals surface area contributed by atoms with Crippen molar-refractivity contribution < 1.29 is 22.2 Å². The van der Waals surface area contributed by atoms with Crippen LogP contribution in [0.4, 0.5) is 18.9 Å². The van der Waals surface area contributed by atoms with Gasteiger partial charge < -0.3 is 11.1 Å². The number of anilines is 1. The second kappa shape index (κ2) is 6.93. The first-order chi connectivity index (χ1) is 9.64. The first-order valence-electron chi connectivity index (χ1n) is 6.20. The molecule has 0 aliphatic carbocycles. The predicted octanol–water partition coefficient (Wildman–Crippen LogP) is 2.17. The van der Waals surface area contributed by atoms with Crippen molar-refractivity contribution in [2.45, 2.75) is 24.8 Å². The van der Waals surface area contributed by atoms with Crippen LogP contribution in [0.3, 0.4) is 0 Å². The minimum Gasteiger partial charge on any atom is -0.398 e. The molecule has 21 heavy (non-hydrogen) atoms. The van der Waals surface area contributed by atoms with Gasteiger partial charge in [-0.2, -0.15) is 13.2 Å². The number of carbonyl (C=O) groups is 1. The van der Waals surface area contributed by atoms with E-state index in [9.17, 15) is 22.2 Å². The maximum Gasteiger partial charge on any atom is 0.418 e. The maximum atomic E-state index is 12.7. The van der Waals surface area contributed by atoms with Crippen LogP contribution in [0.5, 0.6) is 0 Å². The van der Waals surface area contributed by atoms with E-state index in [1.165, 1.54) is 6.07 Å². The fraction of sp³-hybridized carbons (Fsp3) is 0.462. The van der Waals surface area contributed by atoms with E-state index in [0.717, 1.165) is 12.1 Å². The fourth-order valence-electron chi connectivity index (χ4n) is 1.66. The Bertz CT molecular complexity index is 547.